The van der Waals surface area contributed by atoms with Gasteiger partial charge in [-0.2, -0.15) is 5.10 Å². The molecule has 2 aromatic carbocycles. The topological polar surface area (TPSA) is 93.8 Å². The van der Waals surface area contributed by atoms with Crippen molar-refractivity contribution < 1.29 is 14.5 Å². The van der Waals surface area contributed by atoms with Crippen LogP contribution in [0.5, 0.6) is 5.75 Å². The van der Waals surface area contributed by atoms with Gasteiger partial charge in [0, 0.05) is 16.1 Å². The van der Waals surface area contributed by atoms with E-state index in [1.165, 1.54) is 12.1 Å². The summed E-state index contributed by atoms with van der Waals surface area (Å²) >= 11 is 3.34. The minimum atomic E-state index is -0.506. The van der Waals surface area contributed by atoms with Gasteiger partial charge >= 0.3 is 5.69 Å². The van der Waals surface area contributed by atoms with Gasteiger partial charge < -0.3 is 4.74 Å². The first-order chi connectivity index (χ1) is 12.4. The highest BCUT2D eigenvalue weighted by Gasteiger charge is 2.16. The lowest BCUT2D eigenvalue weighted by Gasteiger charge is -2.07. The van der Waals surface area contributed by atoms with Crippen LogP contribution in [0.2, 0.25) is 0 Å². The van der Waals surface area contributed by atoms with Gasteiger partial charge in [-0.05, 0) is 43.7 Å². The number of nitro groups is 1. The molecule has 1 amide bonds. The van der Waals surface area contributed by atoms with Crippen molar-refractivity contribution in [1.82, 2.24) is 5.43 Å². The fourth-order valence-corrected chi connectivity index (χ4v) is 2.46. The fraction of sp³-hybridized carbons (Fsp3) is 0.222. The van der Waals surface area contributed by atoms with Crippen LogP contribution in [0, 0.1) is 10.1 Å². The molecule has 0 aliphatic carbocycles. The molecule has 0 aliphatic rings. The first-order valence-corrected chi connectivity index (χ1v) is 8.69. The second-order valence-corrected chi connectivity index (χ2v) is 6.32. The summed E-state index contributed by atoms with van der Waals surface area (Å²) in [5.74, 6) is -0.0690. The number of rotatable bonds is 7. The fourth-order valence-electron chi connectivity index (χ4n) is 2.20. The summed E-state index contributed by atoms with van der Waals surface area (Å²) in [6.07, 6.45) is 0.188. The van der Waals surface area contributed by atoms with Gasteiger partial charge in [0.15, 0.2) is 5.75 Å². The summed E-state index contributed by atoms with van der Waals surface area (Å²) in [7, 11) is 0. The molecular formula is C18H18BrN3O4. The Labute approximate surface area is 159 Å². The van der Waals surface area contributed by atoms with Crippen LogP contribution in [-0.2, 0) is 11.2 Å². The molecule has 0 unspecified atom stereocenters. The molecule has 2 aromatic rings. The van der Waals surface area contributed by atoms with Crippen molar-refractivity contribution in [3.05, 3.63) is 68.2 Å². The lowest BCUT2D eigenvalue weighted by atomic mass is 10.1. The third-order valence-corrected chi connectivity index (χ3v) is 4.03. The van der Waals surface area contributed by atoms with E-state index in [4.69, 9.17) is 4.74 Å². The Morgan fingerprint density at radius 2 is 1.96 bits per heavy atom. The van der Waals surface area contributed by atoms with Crippen molar-refractivity contribution in [3.8, 4) is 5.75 Å². The van der Waals surface area contributed by atoms with Crippen molar-refractivity contribution >= 4 is 33.2 Å². The van der Waals surface area contributed by atoms with Crippen molar-refractivity contribution in [1.29, 1.82) is 0 Å². The monoisotopic (exact) mass is 419 g/mol. The smallest absolute Gasteiger partial charge is 0.311 e. The lowest BCUT2D eigenvalue weighted by molar-refractivity contribution is -0.385. The number of hydrogen-bond donors (Lipinski definition) is 1. The van der Waals surface area contributed by atoms with Crippen LogP contribution in [0.4, 0.5) is 5.69 Å². The molecule has 0 spiro atoms. The summed E-state index contributed by atoms with van der Waals surface area (Å²) in [6.45, 7) is 3.75. The molecule has 8 heteroatoms. The van der Waals surface area contributed by atoms with E-state index in [9.17, 15) is 14.9 Å². The molecule has 0 aliphatic heterocycles. The lowest BCUT2D eigenvalue weighted by Crippen LogP contribution is -2.21. The number of halogens is 1. The van der Waals surface area contributed by atoms with Crippen LogP contribution in [0.1, 0.15) is 25.0 Å². The molecule has 0 bridgehead atoms. The van der Waals surface area contributed by atoms with E-state index < -0.39 is 4.92 Å². The Hall–Kier alpha value is -2.74. The highest BCUT2D eigenvalue weighted by Crippen LogP contribution is 2.28. The Kier molecular flexibility index (Phi) is 6.85. The molecule has 0 saturated heterocycles. The van der Waals surface area contributed by atoms with Crippen LogP contribution >= 0.6 is 15.9 Å². The first-order valence-electron chi connectivity index (χ1n) is 7.90. The highest BCUT2D eigenvalue weighted by molar-refractivity contribution is 9.10. The normalized spacial score (nSPS) is 11.1. The number of nitrogens with one attached hydrogen (secondary N) is 1. The van der Waals surface area contributed by atoms with Gasteiger partial charge in [0.2, 0.25) is 5.91 Å². The molecule has 26 heavy (non-hydrogen) atoms. The van der Waals surface area contributed by atoms with Crippen LogP contribution in [-0.4, -0.2) is 23.1 Å². The van der Waals surface area contributed by atoms with E-state index in [0.29, 0.717) is 17.9 Å². The molecule has 1 N–H and O–H groups in total. The summed E-state index contributed by atoms with van der Waals surface area (Å²) in [5, 5.41) is 15.2. The number of carbonyl (C=O) groups is 1. The quantitative estimate of drug-likeness (QED) is 0.419. The van der Waals surface area contributed by atoms with Crippen molar-refractivity contribution in [2.45, 2.75) is 20.3 Å². The molecule has 0 aromatic heterocycles. The van der Waals surface area contributed by atoms with Gasteiger partial charge in [-0.1, -0.05) is 28.1 Å². The predicted octanol–water partition coefficient (Wildman–Crippen LogP) is 3.84. The molecule has 136 valence electrons. The maximum absolute atomic E-state index is 12.0. The van der Waals surface area contributed by atoms with Crippen molar-refractivity contribution in [2.24, 2.45) is 5.10 Å². The van der Waals surface area contributed by atoms with Gasteiger partial charge in [-0.15, -0.1) is 0 Å². The van der Waals surface area contributed by atoms with Crippen LogP contribution in [0.15, 0.2) is 52.0 Å². The molecule has 0 atom stereocenters. The second kappa shape index (κ2) is 9.10. The van der Waals surface area contributed by atoms with E-state index in [1.54, 1.807) is 19.9 Å². The maximum Gasteiger partial charge on any atom is 0.311 e. The number of carbonyl (C=O) groups excluding carboxylic acids is 1. The summed E-state index contributed by atoms with van der Waals surface area (Å²) in [6, 6.07) is 12.0. The number of hydrogen-bond acceptors (Lipinski definition) is 5. The number of amides is 1. The Morgan fingerprint density at radius 3 is 2.58 bits per heavy atom. The predicted molar refractivity (Wildman–Crippen MR) is 102 cm³/mol. The zero-order valence-electron chi connectivity index (χ0n) is 14.4. The largest absolute Gasteiger partial charge is 0.487 e. The maximum atomic E-state index is 12.0. The van der Waals surface area contributed by atoms with E-state index in [2.05, 4.69) is 26.5 Å². The van der Waals surface area contributed by atoms with E-state index >= 15 is 0 Å². The summed E-state index contributed by atoms with van der Waals surface area (Å²) in [5.41, 5.74) is 4.18. The number of ether oxygens (including phenoxy) is 1. The molecule has 0 fully saturated rings. The van der Waals surface area contributed by atoms with Gasteiger partial charge in [0.1, 0.15) is 0 Å². The van der Waals surface area contributed by atoms with Gasteiger partial charge in [0.25, 0.3) is 0 Å². The van der Waals surface area contributed by atoms with Crippen LogP contribution < -0.4 is 10.2 Å². The first kappa shape index (κ1) is 19.6. The van der Waals surface area contributed by atoms with E-state index in [0.717, 1.165) is 10.0 Å². The molecule has 7 nitrogen and oxygen atoms in total. The summed E-state index contributed by atoms with van der Waals surface area (Å²) in [4.78, 5) is 22.7. The Morgan fingerprint density at radius 1 is 1.27 bits per heavy atom. The minimum absolute atomic E-state index is 0.139. The Bertz CT molecular complexity index is 835. The highest BCUT2D eigenvalue weighted by atomic mass is 79.9. The average Bonchev–Trinajstić information content (AvgIpc) is 2.62. The zero-order valence-corrected chi connectivity index (χ0v) is 15.9. The molecule has 0 saturated carbocycles. The SMILES string of the molecule is CCOc1ccc(/C(C)=N\NC(=O)Cc2ccc(Br)cc2)cc1[N+](=O)[O-]. The van der Waals surface area contributed by atoms with Gasteiger partial charge in [0.05, 0.1) is 23.7 Å². The Balaban J connectivity index is 2.08. The second-order valence-electron chi connectivity index (χ2n) is 5.41. The number of hydrazone groups is 1. The number of benzene rings is 2. The third kappa shape index (κ3) is 5.38. The van der Waals surface area contributed by atoms with E-state index in [-0.39, 0.29) is 23.8 Å². The summed E-state index contributed by atoms with van der Waals surface area (Å²) < 4.78 is 6.19. The average molecular weight is 420 g/mol. The van der Waals surface area contributed by atoms with Crippen molar-refractivity contribution in [3.63, 3.8) is 0 Å². The van der Waals surface area contributed by atoms with Gasteiger partial charge in [-0.3, -0.25) is 14.9 Å². The molecular weight excluding hydrogens is 402 g/mol. The molecule has 0 heterocycles. The van der Waals surface area contributed by atoms with Crippen molar-refractivity contribution in [2.75, 3.05) is 6.61 Å². The minimum Gasteiger partial charge on any atom is -0.487 e. The standard InChI is InChI=1S/C18H18BrN3O4/c1-3-26-17-9-6-14(11-16(17)22(24)25)12(2)20-21-18(23)10-13-4-7-15(19)8-5-13/h4-9,11H,3,10H2,1-2H3,(H,21,23)/b20-12-. The number of nitrogens with zero attached hydrogens (tertiary/aromatic N) is 2. The number of nitro benzene ring substituents is 1. The van der Waals surface area contributed by atoms with Crippen LogP contribution in [0.25, 0.3) is 0 Å². The van der Waals surface area contributed by atoms with Crippen LogP contribution in [0.3, 0.4) is 0 Å². The zero-order chi connectivity index (χ0) is 19.1. The van der Waals surface area contributed by atoms with Gasteiger partial charge in [-0.25, -0.2) is 5.43 Å². The molecule has 0 radical (unpaired) electrons. The molecule has 2 rings (SSSR count). The van der Waals surface area contributed by atoms with E-state index in [1.807, 2.05) is 24.3 Å². The third-order valence-electron chi connectivity index (χ3n) is 3.50.